The second-order valence-electron chi connectivity index (χ2n) is 6.87. The quantitative estimate of drug-likeness (QED) is 0.636. The van der Waals surface area contributed by atoms with Gasteiger partial charge < -0.3 is 23.8 Å². The fraction of sp³-hybridized carbons (Fsp3) is 0.364. The number of carbonyl (C=O) groups excluding carboxylic acids is 2. The van der Waals surface area contributed by atoms with Gasteiger partial charge >= 0.3 is 5.97 Å². The zero-order valence-electron chi connectivity index (χ0n) is 16.9. The summed E-state index contributed by atoms with van der Waals surface area (Å²) in [7, 11) is 0. The first kappa shape index (κ1) is 20.5. The molecule has 0 bridgehead atoms. The SMILES string of the molecule is CCN(Cc1ccc2c(c1)OCO2)C(=O)COC(=O)COc1cc(C)cc(C)c1. The summed E-state index contributed by atoms with van der Waals surface area (Å²) in [6.45, 7) is 6.29. The van der Waals surface area contributed by atoms with Crippen molar-refractivity contribution in [2.24, 2.45) is 0 Å². The largest absolute Gasteiger partial charge is 0.482 e. The summed E-state index contributed by atoms with van der Waals surface area (Å²) in [6.07, 6.45) is 0. The summed E-state index contributed by atoms with van der Waals surface area (Å²) in [4.78, 5) is 26.0. The van der Waals surface area contributed by atoms with Gasteiger partial charge in [-0.1, -0.05) is 12.1 Å². The molecule has 0 radical (unpaired) electrons. The number of amides is 1. The molecular formula is C22H25NO6. The normalized spacial score (nSPS) is 11.8. The Bertz CT molecular complexity index is 875. The smallest absolute Gasteiger partial charge is 0.344 e. The van der Waals surface area contributed by atoms with Crippen LogP contribution in [0.1, 0.15) is 23.6 Å². The highest BCUT2D eigenvalue weighted by Crippen LogP contribution is 2.32. The molecule has 7 heteroatoms. The number of likely N-dealkylation sites (N-methyl/N-ethyl adjacent to an activating group) is 1. The van der Waals surface area contributed by atoms with Crippen molar-refractivity contribution in [1.82, 2.24) is 4.90 Å². The van der Waals surface area contributed by atoms with Crippen LogP contribution in [0.3, 0.4) is 0 Å². The Kier molecular flexibility index (Phi) is 6.59. The molecule has 1 amide bonds. The lowest BCUT2D eigenvalue weighted by Gasteiger charge is -2.21. The third-order valence-electron chi connectivity index (χ3n) is 4.45. The van der Waals surface area contributed by atoms with Crippen LogP contribution in [-0.4, -0.2) is 43.3 Å². The van der Waals surface area contributed by atoms with Crippen molar-refractivity contribution in [2.75, 3.05) is 26.6 Å². The molecule has 1 heterocycles. The van der Waals surface area contributed by atoms with Gasteiger partial charge in [0.15, 0.2) is 24.7 Å². The highest BCUT2D eigenvalue weighted by atomic mass is 16.7. The average Bonchev–Trinajstić information content (AvgIpc) is 3.15. The molecule has 1 aliphatic heterocycles. The molecule has 7 nitrogen and oxygen atoms in total. The first-order valence-corrected chi connectivity index (χ1v) is 9.47. The van der Waals surface area contributed by atoms with E-state index in [4.69, 9.17) is 18.9 Å². The van der Waals surface area contributed by atoms with Crippen LogP contribution < -0.4 is 14.2 Å². The monoisotopic (exact) mass is 399 g/mol. The number of nitrogens with zero attached hydrogens (tertiary/aromatic N) is 1. The number of hydrogen-bond acceptors (Lipinski definition) is 6. The van der Waals surface area contributed by atoms with Crippen molar-refractivity contribution in [3.63, 3.8) is 0 Å². The minimum atomic E-state index is -0.586. The predicted octanol–water partition coefficient (Wildman–Crippen LogP) is 3.00. The molecule has 0 fully saturated rings. The van der Waals surface area contributed by atoms with Gasteiger partial charge in [0.25, 0.3) is 5.91 Å². The van der Waals surface area contributed by atoms with Gasteiger partial charge in [-0.15, -0.1) is 0 Å². The Labute approximate surface area is 170 Å². The minimum absolute atomic E-state index is 0.204. The van der Waals surface area contributed by atoms with E-state index >= 15 is 0 Å². The van der Waals surface area contributed by atoms with Crippen molar-refractivity contribution >= 4 is 11.9 Å². The lowest BCUT2D eigenvalue weighted by atomic mass is 10.1. The maximum Gasteiger partial charge on any atom is 0.344 e. The van der Waals surface area contributed by atoms with Crippen LogP contribution in [0.5, 0.6) is 17.2 Å². The molecule has 0 atom stereocenters. The fourth-order valence-corrected chi connectivity index (χ4v) is 3.07. The summed E-state index contributed by atoms with van der Waals surface area (Å²) in [5, 5.41) is 0. The first-order valence-electron chi connectivity index (χ1n) is 9.47. The first-order chi connectivity index (χ1) is 13.9. The highest BCUT2D eigenvalue weighted by Gasteiger charge is 2.18. The zero-order valence-corrected chi connectivity index (χ0v) is 16.9. The number of esters is 1. The number of rotatable bonds is 8. The van der Waals surface area contributed by atoms with Crippen LogP contribution in [-0.2, 0) is 20.9 Å². The lowest BCUT2D eigenvalue weighted by molar-refractivity contribution is -0.153. The van der Waals surface area contributed by atoms with Crippen molar-refractivity contribution in [2.45, 2.75) is 27.3 Å². The highest BCUT2D eigenvalue weighted by molar-refractivity contribution is 5.81. The summed E-state index contributed by atoms with van der Waals surface area (Å²) < 4.78 is 21.2. The van der Waals surface area contributed by atoms with E-state index in [1.807, 2.05) is 57.2 Å². The van der Waals surface area contributed by atoms with Gasteiger partial charge in [-0.2, -0.15) is 0 Å². The van der Waals surface area contributed by atoms with Crippen LogP contribution in [0.15, 0.2) is 36.4 Å². The molecule has 0 aliphatic carbocycles. The third kappa shape index (κ3) is 5.63. The van der Waals surface area contributed by atoms with Crippen molar-refractivity contribution < 1.29 is 28.5 Å². The molecule has 0 unspecified atom stereocenters. The Morgan fingerprint density at radius 1 is 1.00 bits per heavy atom. The van der Waals surface area contributed by atoms with E-state index in [0.29, 0.717) is 30.3 Å². The number of aryl methyl sites for hydroxylation is 2. The standard InChI is InChI=1S/C22H25NO6/c1-4-23(11-17-5-6-19-20(10-17)29-14-28-19)21(24)12-27-22(25)13-26-18-8-15(2)7-16(3)9-18/h5-10H,4,11-14H2,1-3H3. The number of carbonyl (C=O) groups is 2. The van der Waals surface area contributed by atoms with Gasteiger partial charge in [0.05, 0.1) is 0 Å². The van der Waals surface area contributed by atoms with Crippen molar-refractivity contribution in [3.8, 4) is 17.2 Å². The molecule has 29 heavy (non-hydrogen) atoms. The van der Waals surface area contributed by atoms with Crippen molar-refractivity contribution in [3.05, 3.63) is 53.1 Å². The number of fused-ring (bicyclic) bond motifs is 1. The molecular weight excluding hydrogens is 374 g/mol. The van der Waals surface area contributed by atoms with E-state index in [1.165, 1.54) is 0 Å². The summed E-state index contributed by atoms with van der Waals surface area (Å²) >= 11 is 0. The molecule has 1 aliphatic rings. The molecule has 0 spiro atoms. The lowest BCUT2D eigenvalue weighted by Crippen LogP contribution is -2.34. The van der Waals surface area contributed by atoms with Gasteiger partial charge in [-0.3, -0.25) is 4.79 Å². The maximum atomic E-state index is 12.4. The fourth-order valence-electron chi connectivity index (χ4n) is 3.07. The van der Waals surface area contributed by atoms with Gasteiger partial charge in [-0.05, 0) is 61.7 Å². The minimum Gasteiger partial charge on any atom is -0.482 e. The summed E-state index contributed by atoms with van der Waals surface area (Å²) in [5.41, 5.74) is 3.00. The number of benzene rings is 2. The van der Waals surface area contributed by atoms with Gasteiger partial charge in [0.2, 0.25) is 6.79 Å². The molecule has 154 valence electrons. The number of hydrogen-bond donors (Lipinski definition) is 0. The van der Waals surface area contributed by atoms with E-state index in [0.717, 1.165) is 16.7 Å². The Balaban J connectivity index is 1.47. The Hall–Kier alpha value is -3.22. The topological polar surface area (TPSA) is 74.3 Å². The Morgan fingerprint density at radius 2 is 1.72 bits per heavy atom. The molecule has 0 N–H and O–H groups in total. The number of ether oxygens (including phenoxy) is 4. The van der Waals surface area contributed by atoms with E-state index in [2.05, 4.69) is 0 Å². The molecule has 0 saturated heterocycles. The van der Waals surface area contributed by atoms with Crippen LogP contribution >= 0.6 is 0 Å². The third-order valence-corrected chi connectivity index (χ3v) is 4.45. The molecule has 3 rings (SSSR count). The van der Waals surface area contributed by atoms with Crippen LogP contribution in [0.4, 0.5) is 0 Å². The van der Waals surface area contributed by atoms with E-state index in [1.54, 1.807) is 4.90 Å². The van der Waals surface area contributed by atoms with Gasteiger partial charge in [0, 0.05) is 13.1 Å². The van der Waals surface area contributed by atoms with E-state index < -0.39 is 5.97 Å². The molecule has 0 saturated carbocycles. The van der Waals surface area contributed by atoms with Crippen LogP contribution in [0.2, 0.25) is 0 Å². The van der Waals surface area contributed by atoms with Gasteiger partial charge in [0.1, 0.15) is 5.75 Å². The van der Waals surface area contributed by atoms with Gasteiger partial charge in [-0.25, -0.2) is 4.79 Å². The zero-order chi connectivity index (χ0) is 20.8. The van der Waals surface area contributed by atoms with E-state index in [-0.39, 0.29) is 25.9 Å². The second-order valence-corrected chi connectivity index (χ2v) is 6.87. The van der Waals surface area contributed by atoms with Crippen LogP contribution in [0, 0.1) is 13.8 Å². The molecule has 2 aromatic rings. The van der Waals surface area contributed by atoms with Crippen molar-refractivity contribution in [1.29, 1.82) is 0 Å². The molecule has 0 aromatic heterocycles. The summed E-state index contributed by atoms with van der Waals surface area (Å²) in [6, 6.07) is 11.3. The van der Waals surface area contributed by atoms with Crippen LogP contribution in [0.25, 0.3) is 0 Å². The average molecular weight is 399 g/mol. The second kappa shape index (κ2) is 9.32. The van der Waals surface area contributed by atoms with E-state index in [9.17, 15) is 9.59 Å². The summed E-state index contributed by atoms with van der Waals surface area (Å²) in [5.74, 6) is 1.10. The predicted molar refractivity (Wildman–Crippen MR) is 106 cm³/mol. The Morgan fingerprint density at radius 3 is 2.45 bits per heavy atom. The molecule has 2 aromatic carbocycles. The maximum absolute atomic E-state index is 12.4.